The number of hydrogen-bond acceptors (Lipinski definition) is 3. The SMILES string of the molecule is Cc1c(CC(=O)O)c(=O)n(C)c(=O)n1C. The van der Waals surface area contributed by atoms with Crippen molar-refractivity contribution in [3.63, 3.8) is 0 Å². The number of nitrogens with zero attached hydrogens (tertiary/aromatic N) is 2. The third kappa shape index (κ3) is 1.83. The minimum absolute atomic E-state index is 0.145. The number of carboxylic acid groups (broad SMARTS) is 1. The minimum Gasteiger partial charge on any atom is -0.481 e. The van der Waals surface area contributed by atoms with E-state index in [9.17, 15) is 14.4 Å². The second-order valence-electron chi connectivity index (χ2n) is 3.34. The van der Waals surface area contributed by atoms with Gasteiger partial charge in [0.2, 0.25) is 0 Å². The van der Waals surface area contributed by atoms with Crippen LogP contribution >= 0.6 is 0 Å². The Labute approximate surface area is 85.4 Å². The summed E-state index contributed by atoms with van der Waals surface area (Å²) in [5, 5.41) is 8.63. The number of rotatable bonds is 2. The molecule has 0 unspecified atom stereocenters. The molecule has 0 fully saturated rings. The predicted molar refractivity (Wildman–Crippen MR) is 53.0 cm³/mol. The van der Waals surface area contributed by atoms with Gasteiger partial charge in [-0.3, -0.25) is 14.2 Å². The lowest BCUT2D eigenvalue weighted by molar-refractivity contribution is -0.136. The molecule has 6 nitrogen and oxygen atoms in total. The van der Waals surface area contributed by atoms with Gasteiger partial charge in [-0.25, -0.2) is 4.79 Å². The summed E-state index contributed by atoms with van der Waals surface area (Å²) in [6, 6.07) is 0. The van der Waals surface area contributed by atoms with Gasteiger partial charge in [-0.05, 0) is 6.92 Å². The molecule has 0 aromatic carbocycles. The van der Waals surface area contributed by atoms with Gasteiger partial charge in [0.15, 0.2) is 0 Å². The van der Waals surface area contributed by atoms with Crippen LogP contribution in [0, 0.1) is 6.92 Å². The lowest BCUT2D eigenvalue weighted by atomic mass is 10.1. The predicted octanol–water partition coefficient (Wildman–Crippen LogP) is -0.980. The van der Waals surface area contributed by atoms with Crippen LogP contribution < -0.4 is 11.2 Å². The summed E-state index contributed by atoms with van der Waals surface area (Å²) in [7, 11) is 2.83. The van der Waals surface area contributed by atoms with E-state index in [1.165, 1.54) is 18.7 Å². The van der Waals surface area contributed by atoms with Gasteiger partial charge in [-0.1, -0.05) is 0 Å². The fourth-order valence-electron chi connectivity index (χ4n) is 1.37. The Bertz CT molecular complexity index is 524. The highest BCUT2D eigenvalue weighted by Gasteiger charge is 2.14. The van der Waals surface area contributed by atoms with Crippen molar-refractivity contribution in [1.82, 2.24) is 9.13 Å². The molecule has 15 heavy (non-hydrogen) atoms. The Morgan fingerprint density at radius 2 is 1.80 bits per heavy atom. The van der Waals surface area contributed by atoms with Gasteiger partial charge >= 0.3 is 11.7 Å². The lowest BCUT2D eigenvalue weighted by Crippen LogP contribution is -2.40. The van der Waals surface area contributed by atoms with Crippen LogP contribution in [0.2, 0.25) is 0 Å². The van der Waals surface area contributed by atoms with E-state index in [1.54, 1.807) is 6.92 Å². The van der Waals surface area contributed by atoms with Crippen molar-refractivity contribution in [2.45, 2.75) is 13.3 Å². The standard InChI is InChI=1S/C9H12N2O4/c1-5-6(4-7(12)13)8(14)11(3)9(15)10(5)2/h4H2,1-3H3,(H,12,13). The number of aromatic nitrogens is 2. The highest BCUT2D eigenvalue weighted by molar-refractivity contribution is 5.70. The van der Waals surface area contributed by atoms with Crippen LogP contribution in [0.25, 0.3) is 0 Å². The van der Waals surface area contributed by atoms with Crippen molar-refractivity contribution in [2.24, 2.45) is 14.1 Å². The molecule has 6 heteroatoms. The maximum Gasteiger partial charge on any atom is 0.330 e. The maximum absolute atomic E-state index is 11.6. The van der Waals surface area contributed by atoms with Gasteiger partial charge in [0.1, 0.15) is 0 Å². The first-order chi connectivity index (χ1) is 6.86. The molecule has 0 saturated heterocycles. The zero-order valence-corrected chi connectivity index (χ0v) is 8.77. The zero-order chi connectivity index (χ0) is 11.7. The van der Waals surface area contributed by atoms with Crippen LogP contribution in [0.5, 0.6) is 0 Å². The highest BCUT2D eigenvalue weighted by Crippen LogP contribution is 1.99. The maximum atomic E-state index is 11.6. The number of aliphatic carboxylic acids is 1. The van der Waals surface area contributed by atoms with Crippen LogP contribution in [-0.2, 0) is 25.3 Å². The fourth-order valence-corrected chi connectivity index (χ4v) is 1.37. The van der Waals surface area contributed by atoms with Crippen LogP contribution in [0.3, 0.4) is 0 Å². The zero-order valence-electron chi connectivity index (χ0n) is 8.77. The summed E-state index contributed by atoms with van der Waals surface area (Å²) in [6.07, 6.45) is -0.368. The van der Waals surface area contributed by atoms with Gasteiger partial charge in [-0.15, -0.1) is 0 Å². The average molecular weight is 212 g/mol. The molecule has 0 spiro atoms. The minimum atomic E-state index is -1.09. The van der Waals surface area contributed by atoms with Crippen molar-refractivity contribution in [3.8, 4) is 0 Å². The monoisotopic (exact) mass is 212 g/mol. The third-order valence-electron chi connectivity index (χ3n) is 2.40. The van der Waals surface area contributed by atoms with Gasteiger partial charge < -0.3 is 9.67 Å². The highest BCUT2D eigenvalue weighted by atomic mass is 16.4. The molecule has 0 aliphatic carbocycles. The molecule has 1 aromatic rings. The Kier molecular flexibility index (Phi) is 2.78. The van der Waals surface area contributed by atoms with E-state index in [1.807, 2.05) is 0 Å². The van der Waals surface area contributed by atoms with Crippen LogP contribution in [0.15, 0.2) is 9.59 Å². The molecule has 1 rings (SSSR count). The molecule has 1 heterocycles. The smallest absolute Gasteiger partial charge is 0.330 e. The van der Waals surface area contributed by atoms with E-state index in [2.05, 4.69) is 0 Å². The third-order valence-corrected chi connectivity index (χ3v) is 2.40. The molecule has 0 saturated carbocycles. The van der Waals surface area contributed by atoms with Crippen LogP contribution in [-0.4, -0.2) is 20.2 Å². The van der Waals surface area contributed by atoms with E-state index >= 15 is 0 Å². The first kappa shape index (κ1) is 11.2. The van der Waals surface area contributed by atoms with Crippen molar-refractivity contribution in [2.75, 3.05) is 0 Å². The van der Waals surface area contributed by atoms with Gasteiger partial charge in [0.25, 0.3) is 5.56 Å². The van der Waals surface area contributed by atoms with Crippen molar-refractivity contribution in [1.29, 1.82) is 0 Å². The summed E-state index contributed by atoms with van der Waals surface area (Å²) < 4.78 is 2.17. The average Bonchev–Trinajstić information content (AvgIpc) is 2.18. The second-order valence-corrected chi connectivity index (χ2v) is 3.34. The number of carbonyl (C=O) groups is 1. The molecule has 1 aromatic heterocycles. The molecule has 0 bridgehead atoms. The molecule has 0 aliphatic rings. The van der Waals surface area contributed by atoms with E-state index in [-0.39, 0.29) is 12.0 Å². The van der Waals surface area contributed by atoms with Crippen molar-refractivity contribution >= 4 is 5.97 Å². The lowest BCUT2D eigenvalue weighted by Gasteiger charge is -2.09. The molecular formula is C9H12N2O4. The van der Waals surface area contributed by atoms with Gasteiger partial charge in [0, 0.05) is 25.4 Å². The van der Waals surface area contributed by atoms with Crippen LogP contribution in [0.4, 0.5) is 0 Å². The molecule has 0 radical (unpaired) electrons. The number of hydrogen-bond donors (Lipinski definition) is 1. The molecular weight excluding hydrogens is 200 g/mol. The van der Waals surface area contributed by atoms with Gasteiger partial charge in [-0.2, -0.15) is 0 Å². The second kappa shape index (κ2) is 3.72. The summed E-state index contributed by atoms with van der Waals surface area (Å²) in [4.78, 5) is 33.6. The summed E-state index contributed by atoms with van der Waals surface area (Å²) >= 11 is 0. The molecule has 0 aliphatic heterocycles. The molecule has 1 N–H and O–H groups in total. The normalized spacial score (nSPS) is 10.3. The van der Waals surface area contributed by atoms with Crippen molar-refractivity contribution < 1.29 is 9.90 Å². The van der Waals surface area contributed by atoms with E-state index in [4.69, 9.17) is 5.11 Å². The van der Waals surface area contributed by atoms with Gasteiger partial charge in [0.05, 0.1) is 6.42 Å². The largest absolute Gasteiger partial charge is 0.481 e. The molecule has 0 amide bonds. The fraction of sp³-hybridized carbons (Fsp3) is 0.444. The topological polar surface area (TPSA) is 81.3 Å². The Hall–Kier alpha value is -1.85. The first-order valence-electron chi connectivity index (χ1n) is 4.33. The van der Waals surface area contributed by atoms with E-state index in [0.29, 0.717) is 5.69 Å². The Balaban J connectivity index is 3.60. The summed E-state index contributed by atoms with van der Waals surface area (Å²) in [5.41, 5.74) is -0.456. The molecule has 0 atom stereocenters. The molecule has 82 valence electrons. The Morgan fingerprint density at radius 1 is 1.27 bits per heavy atom. The van der Waals surface area contributed by atoms with E-state index < -0.39 is 17.2 Å². The van der Waals surface area contributed by atoms with Crippen molar-refractivity contribution in [3.05, 3.63) is 32.1 Å². The first-order valence-corrected chi connectivity index (χ1v) is 4.33. The quantitative estimate of drug-likeness (QED) is 0.683. The summed E-state index contributed by atoms with van der Waals surface area (Å²) in [6.45, 7) is 1.56. The number of carboxylic acids is 1. The van der Waals surface area contributed by atoms with Crippen LogP contribution in [0.1, 0.15) is 11.3 Å². The Morgan fingerprint density at radius 3 is 2.27 bits per heavy atom. The van der Waals surface area contributed by atoms with E-state index in [0.717, 1.165) is 4.57 Å². The summed E-state index contributed by atoms with van der Waals surface area (Å²) in [5.74, 6) is -1.09.